The molecule has 5 nitrogen and oxygen atoms in total. The van der Waals surface area contributed by atoms with Gasteiger partial charge in [0.25, 0.3) is 5.82 Å². The highest BCUT2D eigenvalue weighted by Crippen LogP contribution is 2.36. The van der Waals surface area contributed by atoms with E-state index < -0.39 is 0 Å². The van der Waals surface area contributed by atoms with Gasteiger partial charge >= 0.3 is 0 Å². The molecule has 0 amide bonds. The fraction of sp³-hybridized carbons (Fsp3) is 0.304. The minimum Gasteiger partial charge on any atom is -0.461 e. The van der Waals surface area contributed by atoms with Crippen molar-refractivity contribution in [2.24, 2.45) is 0 Å². The molecule has 0 atom stereocenters. The summed E-state index contributed by atoms with van der Waals surface area (Å²) in [5, 5.41) is 13.3. The highest BCUT2D eigenvalue weighted by Gasteiger charge is 2.34. The zero-order chi connectivity index (χ0) is 19.6. The van der Waals surface area contributed by atoms with Crippen molar-refractivity contribution in [3.05, 3.63) is 71.0 Å². The maximum absolute atomic E-state index is 9.91. The number of aromatic amines is 1. The smallest absolute Gasteiger partial charge is 0.291 e. The first kappa shape index (κ1) is 18.3. The van der Waals surface area contributed by atoms with E-state index in [1.807, 2.05) is 30.3 Å². The first-order valence-electron chi connectivity index (χ1n) is 9.54. The van der Waals surface area contributed by atoms with Crippen LogP contribution in [0.5, 0.6) is 0 Å². The maximum atomic E-state index is 9.91. The Morgan fingerprint density at radius 1 is 1.14 bits per heavy atom. The molecule has 1 aliphatic heterocycles. The number of hydrogen-bond acceptors (Lipinski definition) is 4. The zero-order valence-electron chi connectivity index (χ0n) is 16.2. The van der Waals surface area contributed by atoms with Gasteiger partial charge in [0, 0.05) is 18.4 Å². The quantitative estimate of drug-likeness (QED) is 0.728. The van der Waals surface area contributed by atoms with Crippen molar-refractivity contribution in [3.8, 4) is 17.5 Å². The molecule has 5 heteroatoms. The molecule has 142 valence electrons. The van der Waals surface area contributed by atoms with Crippen LogP contribution >= 0.6 is 0 Å². The Balaban J connectivity index is 1.71. The molecule has 2 N–H and O–H groups in total. The van der Waals surface area contributed by atoms with Crippen molar-refractivity contribution in [1.29, 1.82) is 5.26 Å². The van der Waals surface area contributed by atoms with Gasteiger partial charge in [-0.25, -0.2) is 4.98 Å². The third-order valence-corrected chi connectivity index (χ3v) is 5.12. The van der Waals surface area contributed by atoms with Crippen LogP contribution in [0.1, 0.15) is 36.1 Å². The Bertz CT molecular complexity index is 1000. The molecule has 0 bridgehead atoms. The molecule has 0 radical (unpaired) electrons. The van der Waals surface area contributed by atoms with Gasteiger partial charge in [-0.15, -0.1) is 0 Å². The van der Waals surface area contributed by atoms with Gasteiger partial charge in [-0.1, -0.05) is 30.3 Å². The number of anilines is 1. The van der Waals surface area contributed by atoms with Gasteiger partial charge in [0.1, 0.15) is 11.6 Å². The molecule has 3 heterocycles. The summed E-state index contributed by atoms with van der Waals surface area (Å²) in [5.74, 6) is 1.48. The van der Waals surface area contributed by atoms with E-state index in [-0.39, 0.29) is 5.60 Å². The second kappa shape index (κ2) is 7.49. The zero-order valence-corrected chi connectivity index (χ0v) is 16.2. The summed E-state index contributed by atoms with van der Waals surface area (Å²) >= 11 is 0. The van der Waals surface area contributed by atoms with E-state index in [1.54, 1.807) is 6.26 Å². The number of nitrogens with zero attached hydrogens (tertiary/aromatic N) is 1. The van der Waals surface area contributed by atoms with E-state index in [4.69, 9.17) is 9.15 Å². The van der Waals surface area contributed by atoms with E-state index >= 15 is 0 Å². The summed E-state index contributed by atoms with van der Waals surface area (Å²) in [4.78, 5) is 3.40. The van der Waals surface area contributed by atoms with E-state index in [1.165, 1.54) is 5.56 Å². The molecule has 0 spiro atoms. The molecule has 2 aromatic heterocycles. The van der Waals surface area contributed by atoms with Gasteiger partial charge in [-0.2, -0.15) is 5.26 Å². The summed E-state index contributed by atoms with van der Waals surface area (Å²) in [5.41, 5.74) is 4.52. The molecule has 1 aromatic carbocycles. The Morgan fingerprint density at radius 2 is 1.96 bits per heavy atom. The van der Waals surface area contributed by atoms with Crippen LogP contribution in [0, 0.1) is 11.3 Å². The first-order valence-corrected chi connectivity index (χ1v) is 9.54. The fourth-order valence-electron chi connectivity index (χ4n) is 3.68. The monoisotopic (exact) mass is 374 g/mol. The average molecular weight is 374 g/mol. The molecule has 3 aromatic rings. The lowest BCUT2D eigenvalue weighted by Crippen LogP contribution is -2.35. The molecule has 0 unspecified atom stereocenters. The van der Waals surface area contributed by atoms with Crippen LogP contribution in [-0.4, -0.2) is 12.1 Å². The van der Waals surface area contributed by atoms with Crippen LogP contribution in [0.3, 0.4) is 0 Å². The minimum atomic E-state index is -0.304. The number of aromatic nitrogens is 1. The molecular formula is C23H24N3O2+. The van der Waals surface area contributed by atoms with Crippen LogP contribution in [0.15, 0.2) is 53.1 Å². The fourth-order valence-corrected chi connectivity index (χ4v) is 3.68. The number of fused-ring (bicyclic) bond motifs is 1. The summed E-state index contributed by atoms with van der Waals surface area (Å²) in [6, 6.07) is 16.5. The summed E-state index contributed by atoms with van der Waals surface area (Å²) in [6.07, 6.45) is 3.21. The van der Waals surface area contributed by atoms with Crippen LogP contribution < -0.4 is 10.3 Å². The molecule has 0 fully saturated rings. The molecular weight excluding hydrogens is 350 g/mol. The van der Waals surface area contributed by atoms with Gasteiger partial charge in [0.05, 0.1) is 25.0 Å². The Hall–Kier alpha value is -3.10. The standard InChI is InChI=1S/C23H23N3O2/c1-23(2)13-17-18(14-24)22(25-11-10-16-7-4-3-5-8-16)26-21(19(17)15-28-23)20-9-6-12-27-20/h3-9,12H,10-11,13,15H2,1-2H3,(H,25,26)/p+1. The van der Waals surface area contributed by atoms with E-state index in [2.05, 4.69) is 42.4 Å². The number of benzene rings is 1. The van der Waals surface area contributed by atoms with Gasteiger partial charge in [0.2, 0.25) is 0 Å². The third kappa shape index (κ3) is 3.64. The Labute approximate surface area is 165 Å². The van der Waals surface area contributed by atoms with Crippen molar-refractivity contribution in [2.75, 3.05) is 11.9 Å². The lowest BCUT2D eigenvalue weighted by atomic mass is 9.87. The number of H-pyrrole nitrogens is 1. The predicted molar refractivity (Wildman–Crippen MR) is 107 cm³/mol. The lowest BCUT2D eigenvalue weighted by Gasteiger charge is -2.32. The number of ether oxygens (including phenoxy) is 1. The predicted octanol–water partition coefficient (Wildman–Crippen LogP) is 4.14. The topological polar surface area (TPSA) is 72.3 Å². The highest BCUT2D eigenvalue weighted by atomic mass is 16.5. The van der Waals surface area contributed by atoms with E-state index in [0.717, 1.165) is 41.4 Å². The number of furan rings is 1. The SMILES string of the molecule is CC1(C)Cc2c(C#N)c(NCCc3ccccc3)[nH+]c(-c3ccco3)c2CO1. The van der Waals surface area contributed by atoms with Gasteiger partial charge in [-0.05, 0) is 37.1 Å². The normalized spacial score (nSPS) is 14.9. The van der Waals surface area contributed by atoms with Crippen LogP contribution in [0.2, 0.25) is 0 Å². The number of pyridine rings is 1. The van der Waals surface area contributed by atoms with Gasteiger partial charge < -0.3 is 9.15 Å². The maximum Gasteiger partial charge on any atom is 0.291 e. The van der Waals surface area contributed by atoms with Crippen LogP contribution in [-0.2, 0) is 24.2 Å². The Morgan fingerprint density at radius 3 is 2.68 bits per heavy atom. The van der Waals surface area contributed by atoms with Crippen LogP contribution in [0.25, 0.3) is 11.5 Å². The highest BCUT2D eigenvalue weighted by molar-refractivity contribution is 5.64. The molecule has 1 aliphatic rings. The molecule has 4 rings (SSSR count). The largest absolute Gasteiger partial charge is 0.461 e. The van der Waals surface area contributed by atoms with Crippen molar-refractivity contribution in [2.45, 2.75) is 38.9 Å². The first-order chi connectivity index (χ1) is 13.6. The lowest BCUT2D eigenvalue weighted by molar-refractivity contribution is -0.350. The second-order valence-corrected chi connectivity index (χ2v) is 7.68. The number of rotatable bonds is 5. The van der Waals surface area contributed by atoms with Gasteiger partial charge in [-0.3, -0.25) is 5.32 Å². The molecule has 0 saturated carbocycles. The van der Waals surface area contributed by atoms with Crippen LogP contribution in [0.4, 0.5) is 5.82 Å². The summed E-state index contributed by atoms with van der Waals surface area (Å²) < 4.78 is 11.7. The molecule has 28 heavy (non-hydrogen) atoms. The second-order valence-electron chi connectivity index (χ2n) is 7.68. The van der Waals surface area contributed by atoms with Crippen molar-refractivity contribution < 1.29 is 14.1 Å². The number of nitriles is 1. The van der Waals surface area contributed by atoms with Crippen molar-refractivity contribution in [1.82, 2.24) is 0 Å². The number of nitrogens with one attached hydrogen (secondary N) is 2. The van der Waals surface area contributed by atoms with Crippen molar-refractivity contribution >= 4 is 5.82 Å². The molecule has 0 saturated heterocycles. The van der Waals surface area contributed by atoms with E-state index in [9.17, 15) is 5.26 Å². The summed E-state index contributed by atoms with van der Waals surface area (Å²) in [6.45, 7) is 5.30. The molecule has 0 aliphatic carbocycles. The van der Waals surface area contributed by atoms with Crippen molar-refractivity contribution in [3.63, 3.8) is 0 Å². The van der Waals surface area contributed by atoms with E-state index in [0.29, 0.717) is 18.6 Å². The van der Waals surface area contributed by atoms with Gasteiger partial charge in [0.15, 0.2) is 11.5 Å². The minimum absolute atomic E-state index is 0.304. The third-order valence-electron chi connectivity index (χ3n) is 5.12. The average Bonchev–Trinajstić information content (AvgIpc) is 3.22. The number of hydrogen-bond donors (Lipinski definition) is 1. The Kier molecular flexibility index (Phi) is 4.89. The summed E-state index contributed by atoms with van der Waals surface area (Å²) in [7, 11) is 0.